The Morgan fingerprint density at radius 2 is 2.27 bits per heavy atom. The Balaban J connectivity index is 1.81. The Hall–Kier alpha value is -0.830. The molecule has 0 saturated heterocycles. The monoisotopic (exact) mass is 207 g/mol. The number of hydrogen-bond donors (Lipinski definition) is 1. The molecule has 1 fully saturated rings. The maximum absolute atomic E-state index is 4.48. The van der Waals surface area contributed by atoms with E-state index in [9.17, 15) is 0 Å². The third kappa shape index (κ3) is 3.06. The lowest BCUT2D eigenvalue weighted by molar-refractivity contribution is 0.415. The van der Waals surface area contributed by atoms with Crippen molar-refractivity contribution in [3.05, 3.63) is 17.5 Å². The summed E-state index contributed by atoms with van der Waals surface area (Å²) in [5.74, 6) is 0.656. The molecular formula is C12H21N3. The van der Waals surface area contributed by atoms with Gasteiger partial charge in [0.05, 0.1) is 5.69 Å². The minimum Gasteiger partial charge on any atom is -0.314 e. The van der Waals surface area contributed by atoms with E-state index in [-0.39, 0.29) is 0 Å². The quantitative estimate of drug-likeness (QED) is 0.799. The normalized spacial score (nSPS) is 18.1. The molecule has 1 saturated carbocycles. The highest BCUT2D eigenvalue weighted by Gasteiger charge is 2.21. The third-order valence-corrected chi connectivity index (χ3v) is 2.92. The number of aromatic nitrogens is 2. The maximum Gasteiger partial charge on any atom is 0.0596 e. The van der Waals surface area contributed by atoms with Gasteiger partial charge in [0.15, 0.2) is 0 Å². The van der Waals surface area contributed by atoms with E-state index in [1.54, 1.807) is 0 Å². The van der Waals surface area contributed by atoms with Crippen LogP contribution in [0.5, 0.6) is 0 Å². The predicted octanol–water partition coefficient (Wildman–Crippen LogP) is 1.89. The number of hydrogen-bond acceptors (Lipinski definition) is 2. The van der Waals surface area contributed by atoms with Crippen molar-refractivity contribution in [1.82, 2.24) is 15.1 Å². The first kappa shape index (κ1) is 10.7. The summed E-state index contributed by atoms with van der Waals surface area (Å²) in [6, 6.07) is 2.95. The maximum atomic E-state index is 4.48. The molecule has 0 aliphatic heterocycles. The average Bonchev–Trinajstić information content (AvgIpc) is 2.92. The fourth-order valence-electron chi connectivity index (χ4n) is 1.87. The van der Waals surface area contributed by atoms with E-state index in [4.69, 9.17) is 0 Å². The zero-order valence-corrected chi connectivity index (χ0v) is 9.95. The van der Waals surface area contributed by atoms with Crippen LogP contribution in [0.2, 0.25) is 0 Å². The molecule has 1 atom stereocenters. The fourth-order valence-corrected chi connectivity index (χ4v) is 1.87. The number of nitrogens with one attached hydrogen (secondary N) is 1. The Morgan fingerprint density at radius 3 is 2.80 bits per heavy atom. The molecule has 1 aliphatic carbocycles. The molecule has 0 radical (unpaired) electrons. The van der Waals surface area contributed by atoms with Gasteiger partial charge >= 0.3 is 0 Å². The lowest BCUT2D eigenvalue weighted by Gasteiger charge is -2.13. The summed E-state index contributed by atoms with van der Waals surface area (Å²) in [5, 5.41) is 8.04. The van der Waals surface area contributed by atoms with Crippen molar-refractivity contribution in [2.75, 3.05) is 6.54 Å². The van der Waals surface area contributed by atoms with Crippen molar-refractivity contribution < 1.29 is 0 Å². The lowest BCUT2D eigenvalue weighted by Crippen LogP contribution is -2.26. The second-order valence-corrected chi connectivity index (χ2v) is 4.90. The first-order valence-corrected chi connectivity index (χ1v) is 5.89. The zero-order chi connectivity index (χ0) is 10.8. The van der Waals surface area contributed by atoms with E-state index in [0.29, 0.717) is 5.92 Å². The van der Waals surface area contributed by atoms with Crippen LogP contribution in [-0.2, 0) is 6.54 Å². The average molecular weight is 207 g/mol. The van der Waals surface area contributed by atoms with Gasteiger partial charge in [0.2, 0.25) is 0 Å². The lowest BCUT2D eigenvalue weighted by atomic mass is 10.2. The van der Waals surface area contributed by atoms with E-state index >= 15 is 0 Å². The van der Waals surface area contributed by atoms with Crippen LogP contribution >= 0.6 is 0 Å². The van der Waals surface area contributed by atoms with Crippen LogP contribution in [-0.4, -0.2) is 22.4 Å². The van der Waals surface area contributed by atoms with Crippen LogP contribution < -0.4 is 5.32 Å². The Morgan fingerprint density at radius 1 is 1.53 bits per heavy atom. The van der Waals surface area contributed by atoms with Crippen molar-refractivity contribution >= 4 is 0 Å². The van der Waals surface area contributed by atoms with Crippen LogP contribution in [0, 0.1) is 19.8 Å². The summed E-state index contributed by atoms with van der Waals surface area (Å²) in [4.78, 5) is 0. The molecule has 1 heterocycles. The second kappa shape index (κ2) is 4.35. The van der Waals surface area contributed by atoms with Crippen LogP contribution in [0.1, 0.15) is 31.2 Å². The van der Waals surface area contributed by atoms with Crippen molar-refractivity contribution in [1.29, 1.82) is 0 Å². The molecule has 1 aromatic rings. The van der Waals surface area contributed by atoms with Gasteiger partial charge in [-0.2, -0.15) is 5.10 Å². The largest absolute Gasteiger partial charge is 0.314 e. The molecule has 3 heteroatoms. The molecule has 0 bridgehead atoms. The molecular weight excluding hydrogens is 186 g/mol. The van der Waals surface area contributed by atoms with Crippen molar-refractivity contribution in [2.24, 2.45) is 5.92 Å². The molecule has 84 valence electrons. The summed E-state index contributed by atoms with van der Waals surface area (Å²) in [7, 11) is 0. The van der Waals surface area contributed by atoms with E-state index < -0.39 is 0 Å². The minimum absolute atomic E-state index is 0.656. The Labute approximate surface area is 91.9 Å². The van der Waals surface area contributed by atoms with Gasteiger partial charge in [-0.15, -0.1) is 0 Å². The molecule has 1 unspecified atom stereocenters. The molecule has 1 aliphatic rings. The molecule has 0 aromatic carbocycles. The topological polar surface area (TPSA) is 29.9 Å². The summed E-state index contributed by atoms with van der Waals surface area (Å²) in [6.45, 7) is 8.60. The third-order valence-electron chi connectivity index (χ3n) is 2.92. The Bertz CT molecular complexity index is 326. The van der Waals surface area contributed by atoms with Crippen LogP contribution in [0.25, 0.3) is 0 Å². The Kier molecular flexibility index (Phi) is 3.10. The molecule has 2 rings (SSSR count). The smallest absolute Gasteiger partial charge is 0.0596 e. The molecule has 1 N–H and O–H groups in total. The summed E-state index contributed by atoms with van der Waals surface area (Å²) >= 11 is 0. The highest BCUT2D eigenvalue weighted by atomic mass is 15.3. The first-order chi connectivity index (χ1) is 7.15. The van der Waals surface area contributed by atoms with Gasteiger partial charge in [-0.25, -0.2) is 0 Å². The first-order valence-electron chi connectivity index (χ1n) is 5.89. The van der Waals surface area contributed by atoms with Crippen LogP contribution in [0.3, 0.4) is 0 Å². The minimum atomic E-state index is 0.656. The van der Waals surface area contributed by atoms with Crippen molar-refractivity contribution in [3.8, 4) is 0 Å². The van der Waals surface area contributed by atoms with E-state index in [1.807, 2.05) is 0 Å². The van der Waals surface area contributed by atoms with Gasteiger partial charge < -0.3 is 5.32 Å². The number of aryl methyl sites for hydroxylation is 2. The van der Waals surface area contributed by atoms with Gasteiger partial charge in [0.25, 0.3) is 0 Å². The van der Waals surface area contributed by atoms with Gasteiger partial charge in [-0.1, -0.05) is 6.92 Å². The van der Waals surface area contributed by atoms with Crippen LogP contribution in [0.4, 0.5) is 0 Å². The molecule has 0 amide bonds. The summed E-state index contributed by atoms with van der Waals surface area (Å²) in [6.07, 6.45) is 2.74. The second-order valence-electron chi connectivity index (χ2n) is 4.90. The number of nitrogens with zero attached hydrogens (tertiary/aromatic N) is 2. The van der Waals surface area contributed by atoms with E-state index in [0.717, 1.165) is 24.8 Å². The fraction of sp³-hybridized carbons (Fsp3) is 0.750. The van der Waals surface area contributed by atoms with Gasteiger partial charge in [-0.3, -0.25) is 4.68 Å². The highest BCUT2D eigenvalue weighted by molar-refractivity contribution is 5.06. The standard InChI is InChI=1S/C12H21N3/c1-9(7-13-12-4-5-12)8-15-11(3)6-10(2)14-15/h6,9,12-13H,4-5,7-8H2,1-3H3. The summed E-state index contributed by atoms with van der Waals surface area (Å²) in [5.41, 5.74) is 2.39. The summed E-state index contributed by atoms with van der Waals surface area (Å²) < 4.78 is 2.12. The van der Waals surface area contributed by atoms with Gasteiger partial charge in [0, 0.05) is 18.3 Å². The van der Waals surface area contributed by atoms with E-state index in [2.05, 4.69) is 41.9 Å². The van der Waals surface area contributed by atoms with Gasteiger partial charge in [-0.05, 0) is 45.2 Å². The van der Waals surface area contributed by atoms with E-state index in [1.165, 1.54) is 18.5 Å². The number of rotatable bonds is 5. The molecule has 3 nitrogen and oxygen atoms in total. The van der Waals surface area contributed by atoms with Crippen molar-refractivity contribution in [2.45, 2.75) is 46.2 Å². The molecule has 15 heavy (non-hydrogen) atoms. The zero-order valence-electron chi connectivity index (χ0n) is 9.95. The molecule has 1 aromatic heterocycles. The predicted molar refractivity (Wildman–Crippen MR) is 61.9 cm³/mol. The van der Waals surface area contributed by atoms with Crippen molar-refractivity contribution in [3.63, 3.8) is 0 Å². The van der Waals surface area contributed by atoms with Crippen LogP contribution in [0.15, 0.2) is 6.07 Å². The SMILES string of the molecule is Cc1cc(C)n(CC(C)CNC2CC2)n1. The van der Waals surface area contributed by atoms with Gasteiger partial charge in [0.1, 0.15) is 0 Å². The highest BCUT2D eigenvalue weighted by Crippen LogP contribution is 2.19. The molecule has 0 spiro atoms.